The van der Waals surface area contributed by atoms with Crippen LogP contribution < -0.4 is 10.5 Å². The van der Waals surface area contributed by atoms with E-state index in [1.54, 1.807) is 17.6 Å². The summed E-state index contributed by atoms with van der Waals surface area (Å²) in [4.78, 5) is 43.3. The molecule has 0 saturated heterocycles. The Kier molecular flexibility index (Phi) is 5.31. The lowest BCUT2D eigenvalue weighted by atomic mass is 10.1. The zero-order valence-corrected chi connectivity index (χ0v) is 16.4. The molecule has 1 aliphatic rings. The standard InChI is InChI=1S/C22H20FN3O4/c1-2-25(16-8-6-15(23)7-9-16)20(27)13-30-22(29)14-5-10-17-18(12-14)24-19-4-3-11-26(19)21(17)28/h5-10,12H,2-4,11,13H2,1H3. The molecule has 1 aliphatic heterocycles. The van der Waals surface area contributed by atoms with Crippen LogP contribution in [0.3, 0.4) is 0 Å². The van der Waals surface area contributed by atoms with Gasteiger partial charge in [0.1, 0.15) is 11.6 Å². The van der Waals surface area contributed by atoms with Crippen molar-refractivity contribution in [1.29, 1.82) is 0 Å². The van der Waals surface area contributed by atoms with Crippen LogP contribution in [0.2, 0.25) is 0 Å². The quantitative estimate of drug-likeness (QED) is 0.605. The summed E-state index contributed by atoms with van der Waals surface area (Å²) in [6, 6.07) is 10.1. The lowest BCUT2D eigenvalue weighted by Crippen LogP contribution is -2.34. The van der Waals surface area contributed by atoms with Crippen molar-refractivity contribution in [2.24, 2.45) is 0 Å². The fourth-order valence-electron chi connectivity index (χ4n) is 3.62. The molecule has 1 amide bonds. The molecule has 0 bridgehead atoms. The van der Waals surface area contributed by atoms with Crippen LogP contribution in [0, 0.1) is 5.82 Å². The highest BCUT2D eigenvalue weighted by molar-refractivity contribution is 5.98. The van der Waals surface area contributed by atoms with Crippen LogP contribution in [0.25, 0.3) is 10.9 Å². The first-order chi connectivity index (χ1) is 14.5. The number of hydrogen-bond donors (Lipinski definition) is 0. The number of rotatable bonds is 5. The summed E-state index contributed by atoms with van der Waals surface area (Å²) in [6.45, 7) is 2.32. The molecule has 4 rings (SSSR count). The topological polar surface area (TPSA) is 81.5 Å². The predicted octanol–water partition coefficient (Wildman–Crippen LogP) is 2.69. The molecule has 2 aromatic carbocycles. The van der Waals surface area contributed by atoms with Gasteiger partial charge in [0, 0.05) is 25.2 Å². The summed E-state index contributed by atoms with van der Waals surface area (Å²) in [5, 5.41) is 0.446. The second-order valence-corrected chi connectivity index (χ2v) is 7.01. The highest BCUT2D eigenvalue weighted by Crippen LogP contribution is 2.18. The van der Waals surface area contributed by atoms with Crippen molar-refractivity contribution in [2.45, 2.75) is 26.3 Å². The molecule has 0 N–H and O–H groups in total. The Balaban J connectivity index is 1.49. The highest BCUT2D eigenvalue weighted by atomic mass is 19.1. The number of esters is 1. The number of aromatic nitrogens is 2. The largest absolute Gasteiger partial charge is 0.452 e. The SMILES string of the molecule is CCN(C(=O)COC(=O)c1ccc2c(=O)n3c(nc2c1)CCC3)c1ccc(F)cc1. The first-order valence-electron chi connectivity index (χ1n) is 9.74. The molecule has 1 aromatic heterocycles. The smallest absolute Gasteiger partial charge is 0.338 e. The average Bonchev–Trinajstić information content (AvgIpc) is 3.22. The number of nitrogens with zero attached hydrogens (tertiary/aromatic N) is 3. The average molecular weight is 409 g/mol. The Morgan fingerprint density at radius 1 is 1.20 bits per heavy atom. The number of amides is 1. The van der Waals surface area contributed by atoms with Crippen LogP contribution in [0.1, 0.15) is 29.5 Å². The Morgan fingerprint density at radius 3 is 2.70 bits per heavy atom. The van der Waals surface area contributed by atoms with Crippen LogP contribution in [0.15, 0.2) is 47.3 Å². The predicted molar refractivity (Wildman–Crippen MR) is 109 cm³/mol. The second-order valence-electron chi connectivity index (χ2n) is 7.01. The van der Waals surface area contributed by atoms with Gasteiger partial charge in [0.2, 0.25) is 0 Å². The molecule has 3 aromatic rings. The number of fused-ring (bicyclic) bond motifs is 2. The highest BCUT2D eigenvalue weighted by Gasteiger charge is 2.19. The van der Waals surface area contributed by atoms with Crippen molar-refractivity contribution in [3.8, 4) is 0 Å². The normalized spacial score (nSPS) is 12.6. The van der Waals surface area contributed by atoms with Crippen molar-refractivity contribution in [1.82, 2.24) is 9.55 Å². The summed E-state index contributed by atoms with van der Waals surface area (Å²) < 4.78 is 19.9. The lowest BCUT2D eigenvalue weighted by molar-refractivity contribution is -0.121. The number of ether oxygens (including phenoxy) is 1. The molecule has 0 fully saturated rings. The summed E-state index contributed by atoms with van der Waals surface area (Å²) >= 11 is 0. The van der Waals surface area contributed by atoms with Gasteiger partial charge >= 0.3 is 5.97 Å². The van der Waals surface area contributed by atoms with Gasteiger partial charge in [0.15, 0.2) is 6.61 Å². The number of hydrogen-bond acceptors (Lipinski definition) is 5. The Morgan fingerprint density at radius 2 is 1.97 bits per heavy atom. The lowest BCUT2D eigenvalue weighted by Gasteiger charge is -2.20. The molecular formula is C22H20FN3O4. The van der Waals surface area contributed by atoms with Gasteiger partial charge in [-0.2, -0.15) is 0 Å². The third kappa shape index (κ3) is 3.68. The molecule has 0 unspecified atom stereocenters. The van der Waals surface area contributed by atoms with E-state index >= 15 is 0 Å². The van der Waals surface area contributed by atoms with E-state index in [0.29, 0.717) is 35.5 Å². The van der Waals surface area contributed by atoms with Crippen LogP contribution in [-0.4, -0.2) is 34.6 Å². The number of carbonyl (C=O) groups is 2. The van der Waals surface area contributed by atoms with Gasteiger partial charge < -0.3 is 9.64 Å². The molecule has 30 heavy (non-hydrogen) atoms. The first-order valence-corrected chi connectivity index (χ1v) is 9.74. The fraction of sp³-hybridized carbons (Fsp3) is 0.273. The summed E-state index contributed by atoms with van der Waals surface area (Å²) in [5.74, 6) is -0.787. The molecule has 0 radical (unpaired) electrons. The van der Waals surface area contributed by atoms with Crippen molar-refractivity contribution in [3.63, 3.8) is 0 Å². The molecule has 0 saturated carbocycles. The molecule has 7 nitrogen and oxygen atoms in total. The summed E-state index contributed by atoms with van der Waals surface area (Å²) in [6.07, 6.45) is 1.60. The number of aryl methyl sites for hydroxylation is 1. The second kappa shape index (κ2) is 8.06. The molecule has 0 aliphatic carbocycles. The first kappa shape index (κ1) is 19.8. The van der Waals surface area contributed by atoms with E-state index < -0.39 is 24.3 Å². The van der Waals surface area contributed by atoms with E-state index in [1.807, 2.05) is 0 Å². The monoisotopic (exact) mass is 409 g/mol. The zero-order valence-electron chi connectivity index (χ0n) is 16.4. The minimum atomic E-state index is -0.678. The molecule has 0 spiro atoms. The number of carbonyl (C=O) groups excluding carboxylic acids is 2. The van der Waals surface area contributed by atoms with Crippen molar-refractivity contribution in [3.05, 3.63) is 70.0 Å². The molecule has 154 valence electrons. The Hall–Kier alpha value is -3.55. The maximum Gasteiger partial charge on any atom is 0.338 e. The van der Waals surface area contributed by atoms with Crippen molar-refractivity contribution < 1.29 is 18.7 Å². The minimum absolute atomic E-state index is 0.111. The van der Waals surface area contributed by atoms with Gasteiger partial charge in [-0.25, -0.2) is 14.2 Å². The van der Waals surface area contributed by atoms with Crippen LogP contribution in [0.5, 0.6) is 0 Å². The van der Waals surface area contributed by atoms with Crippen LogP contribution >= 0.6 is 0 Å². The maximum absolute atomic E-state index is 13.1. The number of benzene rings is 2. The third-order valence-corrected chi connectivity index (χ3v) is 5.13. The molecular weight excluding hydrogens is 389 g/mol. The van der Waals surface area contributed by atoms with E-state index in [9.17, 15) is 18.8 Å². The van der Waals surface area contributed by atoms with Crippen molar-refractivity contribution in [2.75, 3.05) is 18.1 Å². The molecule has 2 heterocycles. The van der Waals surface area contributed by atoms with E-state index in [4.69, 9.17) is 4.74 Å². The maximum atomic E-state index is 13.1. The number of anilines is 1. The van der Waals surface area contributed by atoms with Gasteiger partial charge in [-0.3, -0.25) is 14.2 Å². The van der Waals surface area contributed by atoms with E-state index in [0.717, 1.165) is 12.8 Å². The van der Waals surface area contributed by atoms with Gasteiger partial charge in [-0.05, 0) is 55.8 Å². The summed E-state index contributed by atoms with van der Waals surface area (Å²) in [7, 11) is 0. The summed E-state index contributed by atoms with van der Waals surface area (Å²) in [5.41, 5.74) is 1.06. The van der Waals surface area contributed by atoms with Gasteiger partial charge in [-0.1, -0.05) is 0 Å². The van der Waals surface area contributed by atoms with Gasteiger partial charge in [0.05, 0.1) is 16.5 Å². The minimum Gasteiger partial charge on any atom is -0.452 e. The zero-order chi connectivity index (χ0) is 21.3. The van der Waals surface area contributed by atoms with Gasteiger partial charge in [-0.15, -0.1) is 0 Å². The third-order valence-electron chi connectivity index (χ3n) is 5.13. The van der Waals surface area contributed by atoms with E-state index in [1.165, 1.54) is 41.3 Å². The van der Waals surface area contributed by atoms with E-state index in [-0.39, 0.29) is 11.1 Å². The van der Waals surface area contributed by atoms with Crippen LogP contribution in [-0.2, 0) is 22.5 Å². The number of likely N-dealkylation sites (N-methyl/N-ethyl adjacent to an activating group) is 1. The fourth-order valence-corrected chi connectivity index (χ4v) is 3.62. The Bertz CT molecular complexity index is 1190. The number of halogens is 1. The molecule has 8 heteroatoms. The van der Waals surface area contributed by atoms with Crippen LogP contribution in [0.4, 0.5) is 10.1 Å². The Labute approximate surface area is 171 Å². The van der Waals surface area contributed by atoms with E-state index in [2.05, 4.69) is 4.98 Å². The van der Waals surface area contributed by atoms with Crippen molar-refractivity contribution >= 4 is 28.5 Å². The van der Waals surface area contributed by atoms with Gasteiger partial charge in [0.25, 0.3) is 11.5 Å². The molecule has 0 atom stereocenters.